The van der Waals surface area contributed by atoms with Crippen LogP contribution in [0.5, 0.6) is 5.75 Å². The summed E-state index contributed by atoms with van der Waals surface area (Å²) in [6.45, 7) is 1.61. The highest BCUT2D eigenvalue weighted by Gasteiger charge is 2.23. The van der Waals surface area contributed by atoms with Crippen molar-refractivity contribution < 1.29 is 13.2 Å². The van der Waals surface area contributed by atoms with Gasteiger partial charge in [-0.15, -0.1) is 0 Å². The zero-order valence-electron chi connectivity index (χ0n) is 14.1. The molecule has 5 nitrogen and oxygen atoms in total. The highest BCUT2D eigenvalue weighted by atomic mass is 79.9. The third-order valence-corrected chi connectivity index (χ3v) is 5.98. The fourth-order valence-electron chi connectivity index (χ4n) is 2.87. The molecule has 25 heavy (non-hydrogen) atoms. The number of hydrogen-bond donors (Lipinski definition) is 0. The van der Waals surface area contributed by atoms with Crippen LogP contribution < -0.4 is 4.74 Å². The third-order valence-electron chi connectivity index (χ3n) is 4.26. The number of benzene rings is 1. The van der Waals surface area contributed by atoms with Crippen molar-refractivity contribution in [1.82, 2.24) is 9.29 Å². The van der Waals surface area contributed by atoms with Gasteiger partial charge < -0.3 is 4.74 Å². The molecule has 0 aliphatic carbocycles. The molecule has 3 rings (SSSR count). The van der Waals surface area contributed by atoms with Crippen LogP contribution in [-0.2, 0) is 29.4 Å². The summed E-state index contributed by atoms with van der Waals surface area (Å²) < 4.78 is 31.7. The highest BCUT2D eigenvalue weighted by Crippen LogP contribution is 2.25. The van der Waals surface area contributed by atoms with E-state index in [-0.39, 0.29) is 0 Å². The number of sulfonamides is 1. The molecule has 0 atom stereocenters. The van der Waals surface area contributed by atoms with Gasteiger partial charge in [0.25, 0.3) is 0 Å². The van der Waals surface area contributed by atoms with Crippen molar-refractivity contribution in [3.8, 4) is 5.75 Å². The second-order valence-electron chi connectivity index (χ2n) is 6.20. The number of rotatable bonds is 6. The highest BCUT2D eigenvalue weighted by molar-refractivity contribution is 9.10. The lowest BCUT2D eigenvalue weighted by atomic mass is 10.0. The third kappa shape index (κ3) is 5.03. The van der Waals surface area contributed by atoms with Gasteiger partial charge in [0.15, 0.2) is 0 Å². The number of ether oxygens (including phenoxy) is 1. The van der Waals surface area contributed by atoms with E-state index in [1.165, 1.54) is 16.1 Å². The molecule has 0 radical (unpaired) electrons. The molecule has 1 aliphatic heterocycles. The van der Waals surface area contributed by atoms with Crippen LogP contribution in [0, 0.1) is 0 Å². The van der Waals surface area contributed by atoms with Crippen LogP contribution in [0.2, 0.25) is 0 Å². The van der Waals surface area contributed by atoms with Crippen molar-refractivity contribution in [3.63, 3.8) is 0 Å². The Bertz CT molecular complexity index is 838. The monoisotopic (exact) mass is 424 g/mol. The minimum Gasteiger partial charge on any atom is -0.494 e. The van der Waals surface area contributed by atoms with Gasteiger partial charge in [-0.05, 0) is 70.6 Å². The van der Waals surface area contributed by atoms with Gasteiger partial charge in [0, 0.05) is 29.5 Å². The summed E-state index contributed by atoms with van der Waals surface area (Å²) in [6.07, 6.45) is 5.56. The molecule has 1 aliphatic rings. The van der Waals surface area contributed by atoms with E-state index in [9.17, 15) is 8.42 Å². The molecule has 1 aromatic heterocycles. The summed E-state index contributed by atoms with van der Waals surface area (Å²) in [4.78, 5) is 4.35. The summed E-state index contributed by atoms with van der Waals surface area (Å²) in [6, 6.07) is 9.93. The van der Waals surface area contributed by atoms with E-state index in [2.05, 4.69) is 20.9 Å². The summed E-state index contributed by atoms with van der Waals surface area (Å²) >= 11 is 3.38. The Morgan fingerprint density at radius 2 is 2.08 bits per heavy atom. The van der Waals surface area contributed by atoms with E-state index in [0.717, 1.165) is 40.7 Å². The van der Waals surface area contributed by atoms with Crippen LogP contribution in [0.3, 0.4) is 0 Å². The molecule has 0 bridgehead atoms. The van der Waals surface area contributed by atoms with Crippen molar-refractivity contribution in [2.45, 2.75) is 25.8 Å². The molecule has 2 aromatic rings. The maximum atomic E-state index is 11.7. The van der Waals surface area contributed by atoms with E-state index < -0.39 is 10.0 Å². The number of fused-ring (bicyclic) bond motifs is 1. The van der Waals surface area contributed by atoms with E-state index >= 15 is 0 Å². The van der Waals surface area contributed by atoms with Gasteiger partial charge in [-0.3, -0.25) is 4.98 Å². The molecular formula is C18H21BrN2O3S. The molecule has 0 N–H and O–H groups in total. The zero-order valence-corrected chi connectivity index (χ0v) is 16.5. The number of nitrogens with zero attached hydrogens (tertiary/aromatic N) is 2. The number of aromatic nitrogens is 1. The first-order valence-corrected chi connectivity index (χ1v) is 10.9. The summed E-state index contributed by atoms with van der Waals surface area (Å²) in [5.41, 5.74) is 3.29. The maximum Gasteiger partial charge on any atom is 0.211 e. The summed E-state index contributed by atoms with van der Waals surface area (Å²) in [5, 5.41) is 0. The Morgan fingerprint density at radius 1 is 1.24 bits per heavy atom. The normalized spacial score (nSPS) is 15.0. The van der Waals surface area contributed by atoms with Crippen molar-refractivity contribution >= 4 is 26.0 Å². The van der Waals surface area contributed by atoms with Crippen LogP contribution in [0.25, 0.3) is 0 Å². The van der Waals surface area contributed by atoms with Crippen LogP contribution in [0.1, 0.15) is 23.2 Å². The standard InChI is InChI=1S/C18H21BrN2O3S/c1-25(22,23)21-9-8-14-11-18(7-4-15(14)13-21)24-10-2-3-17-6-5-16(19)12-20-17/h4-7,11-12H,2-3,8-10,13H2,1H3. The van der Waals surface area contributed by atoms with Gasteiger partial charge in [0.2, 0.25) is 10.0 Å². The zero-order chi connectivity index (χ0) is 17.9. The largest absolute Gasteiger partial charge is 0.494 e. The minimum absolute atomic E-state index is 0.448. The molecule has 2 heterocycles. The van der Waals surface area contributed by atoms with Crippen molar-refractivity contribution in [1.29, 1.82) is 0 Å². The van der Waals surface area contributed by atoms with Gasteiger partial charge in [-0.25, -0.2) is 8.42 Å². The first-order chi connectivity index (χ1) is 11.9. The molecule has 0 saturated carbocycles. The number of hydrogen-bond acceptors (Lipinski definition) is 4. The summed E-state index contributed by atoms with van der Waals surface area (Å²) in [5.74, 6) is 0.843. The Kier molecular flexibility index (Phi) is 5.76. The average molecular weight is 425 g/mol. The Morgan fingerprint density at radius 3 is 2.80 bits per heavy atom. The Hall–Kier alpha value is -1.44. The lowest BCUT2D eigenvalue weighted by Crippen LogP contribution is -2.35. The van der Waals surface area contributed by atoms with E-state index in [1.54, 1.807) is 6.20 Å². The van der Waals surface area contributed by atoms with Crippen molar-refractivity contribution in [2.75, 3.05) is 19.4 Å². The van der Waals surface area contributed by atoms with Gasteiger partial charge in [0.05, 0.1) is 12.9 Å². The molecule has 0 spiro atoms. The Balaban J connectivity index is 1.52. The van der Waals surface area contributed by atoms with Gasteiger partial charge >= 0.3 is 0 Å². The quantitative estimate of drug-likeness (QED) is 0.668. The molecule has 134 valence electrons. The number of halogens is 1. The van der Waals surface area contributed by atoms with E-state index in [0.29, 0.717) is 19.7 Å². The van der Waals surface area contributed by atoms with Gasteiger partial charge in [-0.2, -0.15) is 4.31 Å². The first kappa shape index (κ1) is 18.4. The fraction of sp³-hybridized carbons (Fsp3) is 0.389. The second kappa shape index (κ2) is 7.85. The smallest absolute Gasteiger partial charge is 0.211 e. The number of pyridine rings is 1. The van der Waals surface area contributed by atoms with E-state index in [4.69, 9.17) is 4.74 Å². The van der Waals surface area contributed by atoms with Crippen LogP contribution in [0.15, 0.2) is 41.0 Å². The van der Waals surface area contributed by atoms with Crippen molar-refractivity contribution in [3.05, 3.63) is 57.8 Å². The van der Waals surface area contributed by atoms with Gasteiger partial charge in [0.1, 0.15) is 5.75 Å². The predicted molar refractivity (Wildman–Crippen MR) is 101 cm³/mol. The van der Waals surface area contributed by atoms with Gasteiger partial charge in [-0.1, -0.05) is 6.07 Å². The maximum absolute atomic E-state index is 11.7. The second-order valence-corrected chi connectivity index (χ2v) is 9.09. The Labute approximate surface area is 157 Å². The molecule has 0 saturated heterocycles. The lowest BCUT2D eigenvalue weighted by molar-refractivity contribution is 0.309. The molecule has 0 unspecified atom stereocenters. The minimum atomic E-state index is -3.13. The number of aryl methyl sites for hydroxylation is 1. The first-order valence-electron chi connectivity index (χ1n) is 8.22. The SMILES string of the molecule is CS(=O)(=O)N1CCc2cc(OCCCc3ccc(Br)cn3)ccc2C1. The average Bonchev–Trinajstić information content (AvgIpc) is 2.59. The molecular weight excluding hydrogens is 404 g/mol. The molecule has 1 aromatic carbocycles. The molecule has 0 amide bonds. The topological polar surface area (TPSA) is 59.5 Å². The lowest BCUT2D eigenvalue weighted by Gasteiger charge is -2.27. The molecule has 7 heteroatoms. The van der Waals surface area contributed by atoms with Crippen LogP contribution in [0.4, 0.5) is 0 Å². The van der Waals surface area contributed by atoms with E-state index in [1.807, 2.05) is 30.3 Å². The molecule has 0 fully saturated rings. The van der Waals surface area contributed by atoms with Crippen LogP contribution in [-0.4, -0.2) is 37.1 Å². The predicted octanol–water partition coefficient (Wildman–Crippen LogP) is 3.17. The van der Waals surface area contributed by atoms with Crippen molar-refractivity contribution in [2.24, 2.45) is 0 Å². The fourth-order valence-corrected chi connectivity index (χ4v) is 3.91. The summed E-state index contributed by atoms with van der Waals surface area (Å²) in [7, 11) is -3.13. The van der Waals surface area contributed by atoms with Crippen LogP contribution >= 0.6 is 15.9 Å².